The summed E-state index contributed by atoms with van der Waals surface area (Å²) in [4.78, 5) is 26.1. The number of carbonyl (C=O) groups is 2. The normalized spacial score (nSPS) is 14.4. The molecule has 0 aliphatic carbocycles. The van der Waals surface area contributed by atoms with Crippen LogP contribution in [-0.2, 0) is 4.79 Å². The Bertz CT molecular complexity index is 781. The Labute approximate surface area is 145 Å². The Balaban J connectivity index is 1.66. The van der Waals surface area contributed by atoms with Gasteiger partial charge in [0.1, 0.15) is 11.5 Å². The summed E-state index contributed by atoms with van der Waals surface area (Å²) in [6.45, 7) is 3.19. The Morgan fingerprint density at radius 2 is 1.92 bits per heavy atom. The molecular weight excluding hydrogens is 323 g/mol. The number of piperidine rings is 1. The zero-order valence-corrected chi connectivity index (χ0v) is 14.2. The first-order valence-corrected chi connectivity index (χ1v) is 8.44. The summed E-state index contributed by atoms with van der Waals surface area (Å²) >= 11 is 0. The Morgan fingerprint density at radius 1 is 1.20 bits per heavy atom. The number of para-hydroxylation sites is 1. The van der Waals surface area contributed by atoms with Gasteiger partial charge in [-0.25, -0.2) is 9.07 Å². The fraction of sp³-hybridized carbons (Fsp3) is 0.389. The molecule has 2 heterocycles. The second-order valence-electron chi connectivity index (χ2n) is 6.16. The van der Waals surface area contributed by atoms with E-state index in [9.17, 15) is 14.0 Å². The molecule has 1 aromatic heterocycles. The average Bonchev–Trinajstić information content (AvgIpc) is 3.02. The number of halogens is 1. The standard InChI is InChI=1S/C18H21FN4O2/c1-13-11-15(21-23(13)16-8-4-3-7-14(16)19)18(25)20-12-17(24)22-9-5-2-6-10-22/h3-4,7-8,11H,2,5-6,9-10,12H2,1H3,(H,20,25). The lowest BCUT2D eigenvalue weighted by atomic mass is 10.1. The average molecular weight is 344 g/mol. The summed E-state index contributed by atoms with van der Waals surface area (Å²) in [6.07, 6.45) is 3.15. The van der Waals surface area contributed by atoms with Gasteiger partial charge < -0.3 is 10.2 Å². The number of amides is 2. The zero-order chi connectivity index (χ0) is 17.8. The number of aromatic nitrogens is 2. The van der Waals surface area contributed by atoms with Crippen molar-refractivity contribution in [1.82, 2.24) is 20.0 Å². The van der Waals surface area contributed by atoms with E-state index in [1.807, 2.05) is 0 Å². The van der Waals surface area contributed by atoms with Crippen LogP contribution in [0.4, 0.5) is 4.39 Å². The highest BCUT2D eigenvalue weighted by molar-refractivity contribution is 5.95. The maximum atomic E-state index is 13.9. The lowest BCUT2D eigenvalue weighted by Crippen LogP contribution is -2.42. The number of nitrogens with one attached hydrogen (secondary N) is 1. The fourth-order valence-corrected chi connectivity index (χ4v) is 2.95. The van der Waals surface area contributed by atoms with Crippen molar-refractivity contribution in [2.24, 2.45) is 0 Å². The lowest BCUT2D eigenvalue weighted by molar-refractivity contribution is -0.130. The van der Waals surface area contributed by atoms with Gasteiger partial charge >= 0.3 is 0 Å². The molecule has 6 nitrogen and oxygen atoms in total. The van der Waals surface area contributed by atoms with Crippen LogP contribution in [0.15, 0.2) is 30.3 Å². The van der Waals surface area contributed by atoms with Crippen LogP contribution in [0.3, 0.4) is 0 Å². The molecule has 7 heteroatoms. The van der Waals surface area contributed by atoms with Gasteiger partial charge in [-0.3, -0.25) is 9.59 Å². The summed E-state index contributed by atoms with van der Waals surface area (Å²) in [7, 11) is 0. The molecular formula is C18H21FN4O2. The molecule has 25 heavy (non-hydrogen) atoms. The van der Waals surface area contributed by atoms with E-state index in [2.05, 4.69) is 10.4 Å². The Hall–Kier alpha value is -2.70. The maximum Gasteiger partial charge on any atom is 0.272 e. The quantitative estimate of drug-likeness (QED) is 0.923. The predicted molar refractivity (Wildman–Crippen MR) is 91.0 cm³/mol. The first kappa shape index (κ1) is 17.1. The van der Waals surface area contributed by atoms with Gasteiger partial charge in [0, 0.05) is 18.8 Å². The van der Waals surface area contributed by atoms with Crippen LogP contribution in [0.2, 0.25) is 0 Å². The van der Waals surface area contributed by atoms with Crippen LogP contribution in [0, 0.1) is 12.7 Å². The predicted octanol–water partition coefficient (Wildman–Crippen LogP) is 2.06. The van der Waals surface area contributed by atoms with Gasteiger partial charge in [0.15, 0.2) is 5.69 Å². The first-order valence-electron chi connectivity index (χ1n) is 8.44. The molecule has 1 aliphatic rings. The van der Waals surface area contributed by atoms with Crippen LogP contribution in [0.1, 0.15) is 35.4 Å². The molecule has 3 rings (SSSR count). The molecule has 1 saturated heterocycles. The van der Waals surface area contributed by atoms with Crippen molar-refractivity contribution in [2.75, 3.05) is 19.6 Å². The number of hydrogen-bond donors (Lipinski definition) is 1. The van der Waals surface area contributed by atoms with E-state index in [-0.39, 0.29) is 23.8 Å². The van der Waals surface area contributed by atoms with Gasteiger partial charge in [-0.15, -0.1) is 0 Å². The highest BCUT2D eigenvalue weighted by Gasteiger charge is 2.19. The third-order valence-electron chi connectivity index (χ3n) is 4.31. The summed E-state index contributed by atoms with van der Waals surface area (Å²) in [5, 5.41) is 6.77. The van der Waals surface area contributed by atoms with Crippen molar-refractivity contribution in [3.63, 3.8) is 0 Å². The zero-order valence-electron chi connectivity index (χ0n) is 14.2. The highest BCUT2D eigenvalue weighted by atomic mass is 19.1. The molecule has 132 valence electrons. The van der Waals surface area contributed by atoms with E-state index in [0.29, 0.717) is 5.69 Å². The minimum absolute atomic E-state index is 0.0512. The third kappa shape index (κ3) is 3.87. The number of likely N-dealkylation sites (tertiary alicyclic amines) is 1. The highest BCUT2D eigenvalue weighted by Crippen LogP contribution is 2.15. The third-order valence-corrected chi connectivity index (χ3v) is 4.31. The largest absolute Gasteiger partial charge is 0.342 e. The molecule has 1 aliphatic heterocycles. The topological polar surface area (TPSA) is 67.2 Å². The molecule has 0 saturated carbocycles. The Morgan fingerprint density at radius 3 is 2.64 bits per heavy atom. The van der Waals surface area contributed by atoms with E-state index >= 15 is 0 Å². The summed E-state index contributed by atoms with van der Waals surface area (Å²) in [5.41, 5.74) is 1.08. The number of rotatable bonds is 4. The van der Waals surface area contributed by atoms with Gasteiger partial charge in [-0.2, -0.15) is 5.10 Å². The van der Waals surface area contributed by atoms with Crippen molar-refractivity contribution >= 4 is 11.8 Å². The molecule has 1 N–H and O–H groups in total. The van der Waals surface area contributed by atoms with Crippen LogP contribution in [0.5, 0.6) is 0 Å². The number of carbonyl (C=O) groups excluding carboxylic acids is 2. The molecule has 1 aromatic carbocycles. The monoisotopic (exact) mass is 344 g/mol. The molecule has 0 atom stereocenters. The molecule has 0 spiro atoms. The number of aryl methyl sites for hydroxylation is 1. The second kappa shape index (κ2) is 7.46. The van der Waals surface area contributed by atoms with Gasteiger partial charge in [0.2, 0.25) is 5.91 Å². The van der Waals surface area contributed by atoms with E-state index < -0.39 is 11.7 Å². The van der Waals surface area contributed by atoms with Gasteiger partial charge in [0.25, 0.3) is 5.91 Å². The molecule has 1 fully saturated rings. The number of hydrogen-bond acceptors (Lipinski definition) is 3. The van der Waals surface area contributed by atoms with E-state index in [1.54, 1.807) is 36.1 Å². The molecule has 0 unspecified atom stereocenters. The van der Waals surface area contributed by atoms with Crippen LogP contribution in [-0.4, -0.2) is 46.1 Å². The minimum atomic E-state index is -0.441. The Kier molecular flexibility index (Phi) is 5.11. The van der Waals surface area contributed by atoms with E-state index in [1.165, 1.54) is 10.7 Å². The van der Waals surface area contributed by atoms with Crippen molar-refractivity contribution < 1.29 is 14.0 Å². The molecule has 2 amide bonds. The van der Waals surface area contributed by atoms with Crippen LogP contribution in [0.25, 0.3) is 5.69 Å². The van der Waals surface area contributed by atoms with Crippen molar-refractivity contribution in [1.29, 1.82) is 0 Å². The second-order valence-corrected chi connectivity index (χ2v) is 6.16. The summed E-state index contributed by atoms with van der Waals surface area (Å²) < 4.78 is 15.3. The molecule has 0 radical (unpaired) electrons. The fourth-order valence-electron chi connectivity index (χ4n) is 2.95. The summed E-state index contributed by atoms with van der Waals surface area (Å²) in [5.74, 6) is -0.942. The summed E-state index contributed by atoms with van der Waals surface area (Å²) in [6, 6.07) is 7.81. The molecule has 2 aromatic rings. The van der Waals surface area contributed by atoms with Crippen molar-refractivity contribution in [2.45, 2.75) is 26.2 Å². The van der Waals surface area contributed by atoms with Gasteiger partial charge in [-0.05, 0) is 44.4 Å². The minimum Gasteiger partial charge on any atom is -0.342 e. The number of benzene rings is 1. The first-order chi connectivity index (χ1) is 12.1. The van der Waals surface area contributed by atoms with Crippen LogP contribution >= 0.6 is 0 Å². The van der Waals surface area contributed by atoms with Crippen molar-refractivity contribution in [3.8, 4) is 5.69 Å². The van der Waals surface area contributed by atoms with E-state index in [0.717, 1.165) is 32.4 Å². The molecule has 0 bridgehead atoms. The lowest BCUT2D eigenvalue weighted by Gasteiger charge is -2.26. The smallest absolute Gasteiger partial charge is 0.272 e. The maximum absolute atomic E-state index is 13.9. The van der Waals surface area contributed by atoms with Crippen molar-refractivity contribution in [3.05, 3.63) is 47.5 Å². The van der Waals surface area contributed by atoms with E-state index in [4.69, 9.17) is 0 Å². The SMILES string of the molecule is Cc1cc(C(=O)NCC(=O)N2CCCCC2)nn1-c1ccccc1F. The number of nitrogens with zero attached hydrogens (tertiary/aromatic N) is 3. The van der Waals surface area contributed by atoms with Crippen LogP contribution < -0.4 is 5.32 Å². The van der Waals surface area contributed by atoms with Gasteiger partial charge in [-0.1, -0.05) is 12.1 Å². The van der Waals surface area contributed by atoms with Gasteiger partial charge in [0.05, 0.1) is 6.54 Å².